The predicted molar refractivity (Wildman–Crippen MR) is 73.4 cm³/mol. The molecular weight excluding hydrogens is 382 g/mol. The Kier molecular flexibility index (Phi) is 4.79. The summed E-state index contributed by atoms with van der Waals surface area (Å²) in [6.07, 6.45) is -1.49. The van der Waals surface area contributed by atoms with Crippen LogP contribution in [-0.4, -0.2) is 21.5 Å². The van der Waals surface area contributed by atoms with Crippen LogP contribution in [0.3, 0.4) is 0 Å². The van der Waals surface area contributed by atoms with Gasteiger partial charge in [-0.15, -0.1) is 0 Å². The van der Waals surface area contributed by atoms with E-state index in [2.05, 4.69) is 0 Å². The first-order chi connectivity index (χ1) is 7.72. The third-order valence-electron chi connectivity index (χ3n) is 2.28. The fraction of sp³-hybridized carbons (Fsp3) is 0.400. The molecule has 0 unspecified atom stereocenters. The van der Waals surface area contributed by atoms with E-state index in [1.807, 2.05) is 0 Å². The van der Waals surface area contributed by atoms with Gasteiger partial charge in [0.1, 0.15) is 11.9 Å². The molecular formula is C10H11ClFIO3S. The van der Waals surface area contributed by atoms with Crippen LogP contribution < -0.4 is 0 Å². The molecule has 0 saturated heterocycles. The highest BCUT2D eigenvalue weighted by Gasteiger charge is 2.45. The highest BCUT2D eigenvalue weighted by atomic mass is 127. The van der Waals surface area contributed by atoms with E-state index >= 15 is 0 Å². The summed E-state index contributed by atoms with van der Waals surface area (Å²) in [5.74, 6) is -0.759. The van der Waals surface area contributed by atoms with Crippen LogP contribution in [0.15, 0.2) is 24.3 Å². The van der Waals surface area contributed by atoms with Crippen molar-refractivity contribution in [1.29, 1.82) is 0 Å². The molecule has 17 heavy (non-hydrogen) atoms. The average Bonchev–Trinajstić information content (AvgIpc) is 2.27. The van der Waals surface area contributed by atoms with Crippen LogP contribution in [0.2, 0.25) is 0 Å². The Morgan fingerprint density at radius 1 is 1.59 bits per heavy atom. The third kappa shape index (κ3) is 3.10. The Bertz CT molecular complexity index is 504. The smallest absolute Gasteiger partial charge is 0.225 e. The van der Waals surface area contributed by atoms with Gasteiger partial charge in [-0.2, -0.15) is 0 Å². The minimum Gasteiger partial charge on any atom is -0.385 e. The summed E-state index contributed by atoms with van der Waals surface area (Å²) >= 11 is 7.36. The lowest BCUT2D eigenvalue weighted by atomic mass is 10.1. The number of alkyl halides is 2. The van der Waals surface area contributed by atoms with Crippen molar-refractivity contribution in [2.45, 2.75) is 15.2 Å². The van der Waals surface area contributed by atoms with Crippen molar-refractivity contribution in [3.8, 4) is 0 Å². The lowest BCUT2D eigenvalue weighted by molar-refractivity contribution is 0.187. The van der Waals surface area contributed by atoms with E-state index in [9.17, 15) is 17.9 Å². The topological polar surface area (TPSA) is 54.4 Å². The van der Waals surface area contributed by atoms with Crippen LogP contribution in [0.25, 0.3) is 0 Å². The summed E-state index contributed by atoms with van der Waals surface area (Å²) in [5, 5.41) is 9.95. The Labute approximate surface area is 118 Å². The van der Waals surface area contributed by atoms with Gasteiger partial charge >= 0.3 is 0 Å². The molecule has 3 nitrogen and oxygen atoms in total. The lowest BCUT2D eigenvalue weighted by Gasteiger charge is -2.25. The van der Waals surface area contributed by atoms with Crippen LogP contribution >= 0.6 is 34.2 Å². The number of hydrogen-bond acceptors (Lipinski definition) is 3. The van der Waals surface area contributed by atoms with Gasteiger partial charge in [-0.25, -0.2) is 12.8 Å². The minimum absolute atomic E-state index is 0.131. The number of hydrogen-bond donors (Lipinski definition) is 1. The fourth-order valence-corrected chi connectivity index (χ4v) is 3.84. The minimum atomic E-state index is -3.68. The summed E-state index contributed by atoms with van der Waals surface area (Å²) in [4.78, 5) is 0. The summed E-state index contributed by atoms with van der Waals surface area (Å²) in [5.41, 5.74) is 0.131. The molecule has 0 bridgehead atoms. The first-order valence-corrected chi connectivity index (χ1v) is 7.87. The number of sulfone groups is 1. The molecule has 0 radical (unpaired) electrons. The number of rotatable bonds is 4. The average molecular weight is 393 g/mol. The Hall–Kier alpha value is 0.0800. The second-order valence-corrected chi connectivity index (χ2v) is 9.77. The van der Waals surface area contributed by atoms with E-state index in [4.69, 9.17) is 11.6 Å². The maximum absolute atomic E-state index is 13.0. The normalized spacial score (nSPS) is 17.5. The fourth-order valence-electron chi connectivity index (χ4n) is 1.23. The van der Waals surface area contributed by atoms with Gasteiger partial charge in [-0.1, -0.05) is 30.7 Å². The molecule has 0 spiro atoms. The monoisotopic (exact) mass is 392 g/mol. The second kappa shape index (κ2) is 5.38. The van der Waals surface area contributed by atoms with Crippen molar-refractivity contribution in [3.63, 3.8) is 0 Å². The molecule has 0 heterocycles. The summed E-state index contributed by atoms with van der Waals surface area (Å²) in [6, 6.07) is 5.07. The van der Waals surface area contributed by atoms with Gasteiger partial charge in [-0.3, -0.25) is 0 Å². The first kappa shape index (κ1) is 15.1. The van der Waals surface area contributed by atoms with Crippen LogP contribution in [-0.2, 0) is 9.84 Å². The van der Waals surface area contributed by atoms with Crippen LogP contribution in [0, 0.1) is 5.82 Å². The van der Waals surface area contributed by atoms with Gasteiger partial charge in [0.15, 0.2) is 9.84 Å². The largest absolute Gasteiger partial charge is 0.385 e. The molecule has 0 aliphatic heterocycles. The Balaban J connectivity index is 3.17. The van der Waals surface area contributed by atoms with Crippen LogP contribution in [0.1, 0.15) is 18.6 Å². The number of aliphatic hydroxyl groups excluding tert-OH is 1. The van der Waals surface area contributed by atoms with Gasteiger partial charge in [0.25, 0.3) is 0 Å². The van der Waals surface area contributed by atoms with Crippen molar-refractivity contribution < 1.29 is 17.9 Å². The standard InChI is InChI=1S/C10H11ClFIO3S/c1-2-17(15,16)10(11,13)9(14)7-4-3-5-8(12)6-7/h3-6,9,14H,2H2,1H3/t9-,10-/m1/s1. The molecule has 0 amide bonds. The summed E-state index contributed by atoms with van der Waals surface area (Å²) in [6.45, 7) is 1.43. The molecule has 0 aliphatic carbocycles. The van der Waals surface area contributed by atoms with Crippen molar-refractivity contribution in [2.75, 3.05) is 5.75 Å². The Morgan fingerprint density at radius 2 is 2.18 bits per heavy atom. The van der Waals surface area contributed by atoms with Crippen molar-refractivity contribution in [2.24, 2.45) is 0 Å². The molecule has 1 aromatic carbocycles. The molecule has 0 fully saturated rings. The van der Waals surface area contributed by atoms with Gasteiger partial charge in [0.2, 0.25) is 2.21 Å². The van der Waals surface area contributed by atoms with Gasteiger partial charge in [0.05, 0.1) is 5.75 Å². The van der Waals surface area contributed by atoms with Gasteiger partial charge < -0.3 is 5.11 Å². The molecule has 7 heteroatoms. The summed E-state index contributed by atoms with van der Waals surface area (Å²) < 4.78 is 34.5. The zero-order valence-corrected chi connectivity index (χ0v) is 12.6. The molecule has 1 rings (SSSR count). The zero-order valence-electron chi connectivity index (χ0n) is 8.90. The first-order valence-electron chi connectivity index (χ1n) is 4.76. The van der Waals surface area contributed by atoms with Gasteiger partial charge in [0, 0.05) is 0 Å². The highest BCUT2D eigenvalue weighted by Crippen LogP contribution is 2.43. The molecule has 0 saturated carbocycles. The van der Waals surface area contributed by atoms with E-state index in [0.717, 1.165) is 6.07 Å². The third-order valence-corrected chi connectivity index (χ3v) is 7.60. The van der Waals surface area contributed by atoms with E-state index in [0.29, 0.717) is 0 Å². The molecule has 2 atom stereocenters. The van der Waals surface area contributed by atoms with E-state index in [-0.39, 0.29) is 11.3 Å². The zero-order chi connectivity index (χ0) is 13.3. The molecule has 0 aromatic heterocycles. The SMILES string of the molecule is CCS(=O)(=O)[C@](Cl)(I)[C@H](O)c1cccc(F)c1. The highest BCUT2D eigenvalue weighted by molar-refractivity contribution is 14.1. The molecule has 1 aromatic rings. The number of halogens is 3. The van der Waals surface area contributed by atoms with E-state index < -0.39 is 24.0 Å². The predicted octanol–water partition coefficient (Wildman–Crippen LogP) is 2.62. The van der Waals surface area contributed by atoms with Crippen molar-refractivity contribution in [3.05, 3.63) is 35.6 Å². The lowest BCUT2D eigenvalue weighted by Crippen LogP contribution is -2.34. The maximum atomic E-state index is 13.0. The molecule has 0 aliphatic rings. The number of aliphatic hydroxyl groups is 1. The Morgan fingerprint density at radius 3 is 2.65 bits per heavy atom. The maximum Gasteiger partial charge on any atom is 0.225 e. The van der Waals surface area contributed by atoms with Crippen LogP contribution in [0.5, 0.6) is 0 Å². The van der Waals surface area contributed by atoms with E-state index in [1.54, 1.807) is 0 Å². The van der Waals surface area contributed by atoms with Crippen molar-refractivity contribution in [1.82, 2.24) is 0 Å². The van der Waals surface area contributed by atoms with Crippen LogP contribution in [0.4, 0.5) is 4.39 Å². The van der Waals surface area contributed by atoms with Crippen molar-refractivity contribution >= 4 is 44.0 Å². The molecule has 96 valence electrons. The summed E-state index contributed by atoms with van der Waals surface area (Å²) in [7, 11) is -3.68. The quantitative estimate of drug-likeness (QED) is 0.633. The van der Waals surface area contributed by atoms with E-state index in [1.165, 1.54) is 47.7 Å². The van der Waals surface area contributed by atoms with Gasteiger partial charge in [-0.05, 0) is 40.3 Å². The number of benzene rings is 1. The molecule has 1 N–H and O–H groups in total. The second-order valence-electron chi connectivity index (χ2n) is 3.42.